The van der Waals surface area contributed by atoms with Crippen molar-refractivity contribution in [2.24, 2.45) is 0 Å². The number of aromatic hydroxyl groups is 1. The molecule has 2 aromatic rings. The van der Waals surface area contributed by atoms with Crippen molar-refractivity contribution >= 4 is 46.2 Å². The van der Waals surface area contributed by atoms with Crippen LogP contribution in [0.4, 0.5) is 16.2 Å². The Balaban J connectivity index is 1.72. The minimum Gasteiger partial charge on any atom is -0.508 e. The van der Waals surface area contributed by atoms with Gasteiger partial charge in [-0.15, -0.1) is 0 Å². The highest BCUT2D eigenvalue weighted by atomic mass is 32.2. The number of carboxylic acids is 1. The van der Waals surface area contributed by atoms with E-state index in [4.69, 9.17) is 0 Å². The maximum absolute atomic E-state index is 12.6. The SMILES string of the molecule is Cc1ccc(C(=O)O)c(NC(=O)CC2SC(=O)N(c3ccc(O)cc3)C2=O)c1. The fraction of sp³-hybridized carbons (Fsp3) is 0.158. The molecule has 144 valence electrons. The minimum atomic E-state index is -1.18. The Morgan fingerprint density at radius 3 is 2.46 bits per heavy atom. The minimum absolute atomic E-state index is 0.00110. The molecule has 3 amide bonds. The molecule has 9 heteroatoms. The van der Waals surface area contributed by atoms with Crippen LogP contribution < -0.4 is 10.2 Å². The predicted octanol–water partition coefficient (Wildman–Crippen LogP) is 3.00. The molecule has 1 aliphatic heterocycles. The zero-order valence-electron chi connectivity index (χ0n) is 14.7. The van der Waals surface area contributed by atoms with Crippen molar-refractivity contribution in [3.05, 3.63) is 53.6 Å². The molecular formula is C19H16N2O6S. The molecule has 1 heterocycles. The summed E-state index contributed by atoms with van der Waals surface area (Å²) in [5, 5.41) is 19.6. The Kier molecular flexibility index (Phi) is 5.36. The van der Waals surface area contributed by atoms with Crippen LogP contribution in [0, 0.1) is 6.92 Å². The zero-order chi connectivity index (χ0) is 20.4. The van der Waals surface area contributed by atoms with Crippen LogP contribution in [0.2, 0.25) is 0 Å². The molecule has 2 aromatic carbocycles. The number of carbonyl (C=O) groups excluding carboxylic acids is 3. The molecule has 0 aromatic heterocycles. The number of hydrogen-bond donors (Lipinski definition) is 3. The first-order chi connectivity index (χ1) is 13.3. The standard InChI is InChI=1S/C19H16N2O6S/c1-10-2-7-13(18(25)26)14(8-10)20-16(23)9-15-17(24)21(19(27)28-15)11-3-5-12(22)6-4-11/h2-8,15,22H,9H2,1H3,(H,20,23)(H,25,26). The molecule has 1 unspecified atom stereocenters. The number of benzene rings is 2. The Morgan fingerprint density at radius 2 is 1.82 bits per heavy atom. The molecule has 1 fully saturated rings. The highest BCUT2D eigenvalue weighted by Crippen LogP contribution is 2.34. The first kappa shape index (κ1) is 19.4. The Hall–Kier alpha value is -3.33. The van der Waals surface area contributed by atoms with E-state index in [1.54, 1.807) is 13.0 Å². The lowest BCUT2D eigenvalue weighted by Gasteiger charge is -2.14. The smallest absolute Gasteiger partial charge is 0.337 e. The number of hydrogen-bond acceptors (Lipinski definition) is 6. The highest BCUT2D eigenvalue weighted by Gasteiger charge is 2.41. The number of carbonyl (C=O) groups is 4. The second kappa shape index (κ2) is 7.73. The lowest BCUT2D eigenvalue weighted by molar-refractivity contribution is -0.121. The summed E-state index contributed by atoms with van der Waals surface area (Å²) < 4.78 is 0. The normalized spacial score (nSPS) is 16.3. The third-order valence-electron chi connectivity index (χ3n) is 4.08. The average molecular weight is 400 g/mol. The monoisotopic (exact) mass is 400 g/mol. The summed E-state index contributed by atoms with van der Waals surface area (Å²) in [7, 11) is 0. The van der Waals surface area contributed by atoms with E-state index >= 15 is 0 Å². The summed E-state index contributed by atoms with van der Waals surface area (Å²) in [6.45, 7) is 1.76. The van der Waals surface area contributed by atoms with Gasteiger partial charge >= 0.3 is 5.97 Å². The van der Waals surface area contributed by atoms with E-state index in [0.29, 0.717) is 5.69 Å². The summed E-state index contributed by atoms with van der Waals surface area (Å²) in [4.78, 5) is 49.4. The van der Waals surface area contributed by atoms with Crippen LogP contribution >= 0.6 is 11.8 Å². The fourth-order valence-corrected chi connectivity index (χ4v) is 3.72. The topological polar surface area (TPSA) is 124 Å². The van der Waals surface area contributed by atoms with Crippen LogP contribution in [0.25, 0.3) is 0 Å². The van der Waals surface area contributed by atoms with Gasteiger partial charge in [0.1, 0.15) is 11.0 Å². The maximum atomic E-state index is 12.6. The van der Waals surface area contributed by atoms with Gasteiger partial charge in [-0.25, -0.2) is 9.69 Å². The van der Waals surface area contributed by atoms with Crippen LogP contribution in [0.15, 0.2) is 42.5 Å². The number of thioether (sulfide) groups is 1. The number of nitrogens with one attached hydrogen (secondary N) is 1. The van der Waals surface area contributed by atoms with Gasteiger partial charge in [-0.2, -0.15) is 0 Å². The van der Waals surface area contributed by atoms with Crippen molar-refractivity contribution < 1.29 is 29.4 Å². The van der Waals surface area contributed by atoms with Crippen LogP contribution in [0.5, 0.6) is 5.75 Å². The Morgan fingerprint density at radius 1 is 1.14 bits per heavy atom. The summed E-state index contributed by atoms with van der Waals surface area (Å²) >= 11 is 0.731. The number of nitrogens with zero attached hydrogens (tertiary/aromatic N) is 1. The van der Waals surface area contributed by atoms with Gasteiger partial charge in [-0.3, -0.25) is 14.4 Å². The zero-order valence-corrected chi connectivity index (χ0v) is 15.5. The van der Waals surface area contributed by atoms with Gasteiger partial charge in [0.2, 0.25) is 11.8 Å². The van der Waals surface area contributed by atoms with E-state index in [2.05, 4.69) is 5.32 Å². The number of anilines is 2. The van der Waals surface area contributed by atoms with Crippen molar-refractivity contribution in [3.8, 4) is 5.75 Å². The van der Waals surface area contributed by atoms with E-state index in [0.717, 1.165) is 22.2 Å². The van der Waals surface area contributed by atoms with Crippen molar-refractivity contribution in [2.75, 3.05) is 10.2 Å². The highest BCUT2D eigenvalue weighted by molar-refractivity contribution is 8.15. The number of phenolic OH excluding ortho intramolecular Hbond substituents is 1. The quantitative estimate of drug-likeness (QED) is 0.705. The third-order valence-corrected chi connectivity index (χ3v) is 5.12. The molecule has 0 bridgehead atoms. The average Bonchev–Trinajstić information content (AvgIpc) is 2.89. The first-order valence-corrected chi connectivity index (χ1v) is 9.11. The molecule has 0 spiro atoms. The largest absolute Gasteiger partial charge is 0.508 e. The van der Waals surface area contributed by atoms with Gasteiger partial charge < -0.3 is 15.5 Å². The van der Waals surface area contributed by atoms with Crippen molar-refractivity contribution in [1.82, 2.24) is 0 Å². The van der Waals surface area contributed by atoms with Gasteiger partial charge in [0.05, 0.1) is 16.9 Å². The molecule has 3 rings (SSSR count). The Labute approximate surface area is 164 Å². The molecule has 1 aliphatic rings. The second-order valence-electron chi connectivity index (χ2n) is 6.17. The van der Waals surface area contributed by atoms with E-state index < -0.39 is 28.3 Å². The molecule has 0 saturated carbocycles. The van der Waals surface area contributed by atoms with Crippen molar-refractivity contribution in [2.45, 2.75) is 18.6 Å². The van der Waals surface area contributed by atoms with Crippen molar-refractivity contribution in [1.29, 1.82) is 0 Å². The van der Waals surface area contributed by atoms with Crippen LogP contribution in [-0.2, 0) is 9.59 Å². The van der Waals surface area contributed by atoms with Crippen molar-refractivity contribution in [3.63, 3.8) is 0 Å². The van der Waals surface area contributed by atoms with E-state index in [9.17, 15) is 29.4 Å². The maximum Gasteiger partial charge on any atom is 0.337 e. The fourth-order valence-electron chi connectivity index (χ4n) is 2.74. The molecule has 28 heavy (non-hydrogen) atoms. The van der Waals surface area contributed by atoms with Gasteiger partial charge in [0.25, 0.3) is 5.24 Å². The number of carboxylic acid groups (broad SMARTS) is 1. The number of amides is 3. The van der Waals surface area contributed by atoms with Gasteiger partial charge in [0.15, 0.2) is 0 Å². The first-order valence-electron chi connectivity index (χ1n) is 8.23. The van der Waals surface area contributed by atoms with Crippen LogP contribution in [0.3, 0.4) is 0 Å². The van der Waals surface area contributed by atoms with E-state index in [1.807, 2.05) is 0 Å². The lowest BCUT2D eigenvalue weighted by atomic mass is 10.1. The van der Waals surface area contributed by atoms with Gasteiger partial charge in [-0.05, 0) is 60.6 Å². The summed E-state index contributed by atoms with van der Waals surface area (Å²) in [6, 6.07) is 10.1. The molecule has 1 atom stereocenters. The number of phenols is 1. The number of rotatable bonds is 5. The van der Waals surface area contributed by atoms with Gasteiger partial charge in [-0.1, -0.05) is 6.07 Å². The summed E-state index contributed by atoms with van der Waals surface area (Å²) in [6.07, 6.45) is -0.281. The molecule has 0 radical (unpaired) electrons. The molecule has 8 nitrogen and oxygen atoms in total. The second-order valence-corrected chi connectivity index (χ2v) is 7.32. The number of aryl methyl sites for hydroxylation is 1. The number of imide groups is 1. The van der Waals surface area contributed by atoms with Gasteiger partial charge in [0, 0.05) is 6.42 Å². The predicted molar refractivity (Wildman–Crippen MR) is 104 cm³/mol. The van der Waals surface area contributed by atoms with E-state index in [-0.39, 0.29) is 23.4 Å². The summed E-state index contributed by atoms with van der Waals surface area (Å²) in [5.41, 5.74) is 1.14. The molecule has 3 N–H and O–H groups in total. The number of aromatic carboxylic acids is 1. The third kappa shape index (κ3) is 3.99. The van der Waals surface area contributed by atoms with Crippen LogP contribution in [-0.4, -0.2) is 38.5 Å². The molecule has 1 saturated heterocycles. The lowest BCUT2D eigenvalue weighted by Crippen LogP contribution is -2.33. The Bertz CT molecular complexity index is 973. The van der Waals surface area contributed by atoms with Crippen LogP contribution in [0.1, 0.15) is 22.3 Å². The summed E-state index contributed by atoms with van der Waals surface area (Å²) in [5.74, 6) is -2.30. The molecular weight excluding hydrogens is 384 g/mol. The molecule has 0 aliphatic carbocycles. The van der Waals surface area contributed by atoms with E-state index in [1.165, 1.54) is 36.4 Å².